The van der Waals surface area contributed by atoms with Gasteiger partial charge in [0, 0.05) is 29.1 Å². The molecule has 1 aromatic carbocycles. The lowest BCUT2D eigenvalue weighted by Gasteiger charge is -2.11. The summed E-state index contributed by atoms with van der Waals surface area (Å²) < 4.78 is 31.2. The van der Waals surface area contributed by atoms with Crippen LogP contribution in [0.4, 0.5) is 4.79 Å². The van der Waals surface area contributed by atoms with Gasteiger partial charge in [0.05, 0.1) is 6.54 Å². The molecular weight excluding hydrogens is 542 g/mol. The van der Waals surface area contributed by atoms with E-state index in [1.165, 1.54) is 11.3 Å². The van der Waals surface area contributed by atoms with Crippen LogP contribution in [-0.4, -0.2) is 35.5 Å². The van der Waals surface area contributed by atoms with Gasteiger partial charge in [-0.15, -0.1) is 11.3 Å². The Morgan fingerprint density at radius 1 is 1.07 bits per heavy atom. The summed E-state index contributed by atoms with van der Waals surface area (Å²) in [5.41, 5.74) is 6.34. The van der Waals surface area contributed by atoms with Gasteiger partial charge in [-0.2, -0.15) is 0 Å². The van der Waals surface area contributed by atoms with Crippen molar-refractivity contribution >= 4 is 38.6 Å². The molecule has 2 N–H and O–H groups in total. The lowest BCUT2D eigenvalue weighted by atomic mass is 10.0. The van der Waals surface area contributed by atoms with Crippen molar-refractivity contribution in [2.24, 2.45) is 5.92 Å². The number of hydrogen-bond donors (Lipinski definition) is 2. The van der Waals surface area contributed by atoms with Crippen molar-refractivity contribution in [2.45, 2.75) is 78.0 Å². The molecule has 3 heterocycles. The first-order valence-corrected chi connectivity index (χ1v) is 16.2. The number of rotatable bonds is 11. The summed E-state index contributed by atoms with van der Waals surface area (Å²) in [6.45, 7) is 13.4. The number of nitrogens with one attached hydrogen (secondary N) is 2. The largest absolute Gasteiger partial charge is 0.337 e. The maximum Gasteiger partial charge on any atom is 0.328 e. The van der Waals surface area contributed by atoms with Crippen molar-refractivity contribution in [2.75, 3.05) is 6.54 Å². The van der Waals surface area contributed by atoms with Crippen LogP contribution < -0.4 is 10.0 Å². The number of aromatic nitrogens is 3. The predicted molar refractivity (Wildman–Crippen MR) is 162 cm³/mol. The van der Waals surface area contributed by atoms with Gasteiger partial charge in [0.25, 0.3) is 10.0 Å². The van der Waals surface area contributed by atoms with E-state index >= 15 is 0 Å². The Morgan fingerprint density at radius 3 is 2.45 bits per heavy atom. The molecule has 0 aliphatic rings. The second-order valence-corrected chi connectivity index (χ2v) is 13.7. The summed E-state index contributed by atoms with van der Waals surface area (Å²) in [6.07, 6.45) is 3.24. The van der Waals surface area contributed by atoms with Gasteiger partial charge in [-0.05, 0) is 61.4 Å². The zero-order chi connectivity index (χ0) is 29.0. The minimum absolute atomic E-state index is 0.158. The molecule has 40 heavy (non-hydrogen) atoms. The highest BCUT2D eigenvalue weighted by Gasteiger charge is 2.26. The van der Waals surface area contributed by atoms with E-state index in [9.17, 15) is 13.2 Å². The first-order chi connectivity index (χ1) is 19.0. The third-order valence-corrected chi connectivity index (χ3v) is 9.69. The minimum atomic E-state index is -4.05. The van der Waals surface area contributed by atoms with Crippen LogP contribution in [0.5, 0.6) is 0 Å². The number of hydrogen-bond acceptors (Lipinski definition) is 6. The van der Waals surface area contributed by atoms with Gasteiger partial charge in [-0.3, -0.25) is 0 Å². The zero-order valence-electron chi connectivity index (χ0n) is 24.2. The number of benzene rings is 1. The molecule has 214 valence electrons. The first kappa shape index (κ1) is 29.7. The number of thiophene rings is 1. The molecule has 0 fully saturated rings. The molecule has 2 amide bonds. The van der Waals surface area contributed by atoms with E-state index in [0.29, 0.717) is 24.6 Å². The molecular formula is C30H39N5O3S2. The van der Waals surface area contributed by atoms with Crippen molar-refractivity contribution in [1.82, 2.24) is 24.6 Å². The van der Waals surface area contributed by atoms with Gasteiger partial charge < -0.3 is 9.88 Å². The van der Waals surface area contributed by atoms with Crippen LogP contribution in [0.2, 0.25) is 0 Å². The van der Waals surface area contributed by atoms with Gasteiger partial charge >= 0.3 is 6.03 Å². The molecule has 0 saturated carbocycles. The Morgan fingerprint density at radius 2 is 1.80 bits per heavy atom. The smallest absolute Gasteiger partial charge is 0.328 e. The summed E-state index contributed by atoms with van der Waals surface area (Å²) in [4.78, 5) is 22.9. The number of urea groups is 1. The SMILES string of the molecule is CCCCNC(=O)NS(=O)(=O)c1sc(CC(C)C)cc1-c1ccc(Cn2c(CC)nc3c(C)cc(C)nc32)cc1. The van der Waals surface area contributed by atoms with Crippen molar-refractivity contribution < 1.29 is 13.2 Å². The monoisotopic (exact) mass is 581 g/mol. The zero-order valence-corrected chi connectivity index (χ0v) is 25.8. The van der Waals surface area contributed by atoms with Gasteiger partial charge in [-0.25, -0.2) is 27.9 Å². The Bertz CT molecular complexity index is 1600. The van der Waals surface area contributed by atoms with E-state index in [-0.39, 0.29) is 4.21 Å². The van der Waals surface area contributed by atoms with E-state index in [4.69, 9.17) is 9.97 Å². The van der Waals surface area contributed by atoms with Crippen LogP contribution in [0, 0.1) is 19.8 Å². The Labute approximate surface area is 241 Å². The van der Waals surface area contributed by atoms with Crippen LogP contribution >= 0.6 is 11.3 Å². The highest BCUT2D eigenvalue weighted by molar-refractivity contribution is 7.92. The van der Waals surface area contributed by atoms with Crippen LogP contribution in [0.1, 0.15) is 68.1 Å². The molecule has 4 aromatic rings. The number of pyridine rings is 1. The topological polar surface area (TPSA) is 106 Å². The summed E-state index contributed by atoms with van der Waals surface area (Å²) in [7, 11) is -4.05. The van der Waals surface area contributed by atoms with E-state index < -0.39 is 16.1 Å². The first-order valence-electron chi connectivity index (χ1n) is 13.9. The molecule has 10 heteroatoms. The van der Waals surface area contributed by atoms with Crippen LogP contribution in [0.15, 0.2) is 40.6 Å². The fourth-order valence-electron chi connectivity index (χ4n) is 4.77. The molecule has 0 aliphatic heterocycles. The number of imidazole rings is 1. The number of aryl methyl sites for hydroxylation is 3. The minimum Gasteiger partial charge on any atom is -0.337 e. The summed E-state index contributed by atoms with van der Waals surface area (Å²) in [6, 6.07) is 11.2. The summed E-state index contributed by atoms with van der Waals surface area (Å²) in [5, 5.41) is 2.63. The lowest BCUT2D eigenvalue weighted by Crippen LogP contribution is -2.39. The molecule has 0 saturated heterocycles. The lowest BCUT2D eigenvalue weighted by molar-refractivity contribution is 0.245. The predicted octanol–water partition coefficient (Wildman–Crippen LogP) is 6.37. The van der Waals surface area contributed by atoms with Gasteiger partial charge in [0.15, 0.2) is 5.65 Å². The molecule has 0 aliphatic carbocycles. The number of fused-ring (bicyclic) bond motifs is 1. The van der Waals surface area contributed by atoms with E-state index in [0.717, 1.165) is 69.9 Å². The van der Waals surface area contributed by atoms with Crippen LogP contribution in [-0.2, 0) is 29.4 Å². The number of nitrogens with zero attached hydrogens (tertiary/aromatic N) is 3. The second-order valence-electron chi connectivity index (χ2n) is 10.6. The molecule has 0 atom stereocenters. The molecule has 4 rings (SSSR count). The third kappa shape index (κ3) is 6.72. The van der Waals surface area contributed by atoms with Gasteiger partial charge in [0.2, 0.25) is 0 Å². The molecule has 0 unspecified atom stereocenters. The number of sulfonamides is 1. The van der Waals surface area contributed by atoms with Gasteiger partial charge in [0.1, 0.15) is 15.6 Å². The molecule has 0 radical (unpaired) electrons. The van der Waals surface area contributed by atoms with Crippen molar-refractivity contribution in [3.8, 4) is 11.1 Å². The number of unbranched alkanes of at least 4 members (excludes halogenated alkanes) is 1. The van der Waals surface area contributed by atoms with Crippen molar-refractivity contribution in [3.05, 3.63) is 63.9 Å². The number of carbonyl (C=O) groups excluding carboxylic acids is 1. The van der Waals surface area contributed by atoms with Crippen LogP contribution in [0.25, 0.3) is 22.3 Å². The van der Waals surface area contributed by atoms with E-state index in [1.807, 2.05) is 44.2 Å². The second kappa shape index (κ2) is 12.5. The highest BCUT2D eigenvalue weighted by atomic mass is 32.2. The van der Waals surface area contributed by atoms with Crippen LogP contribution in [0.3, 0.4) is 0 Å². The Balaban J connectivity index is 1.65. The fraction of sp³-hybridized carbons (Fsp3) is 0.433. The number of amides is 2. The van der Waals surface area contributed by atoms with Crippen molar-refractivity contribution in [1.29, 1.82) is 0 Å². The highest BCUT2D eigenvalue weighted by Crippen LogP contribution is 2.36. The Hall–Kier alpha value is -3.24. The standard InChI is InChI=1S/C30H39N5O3S2/c1-7-9-14-31-30(36)34-40(37,38)29-25(17-24(39-29)15-19(3)4)23-12-10-22(11-13-23)18-35-26(8-2)33-27-20(5)16-21(6)32-28(27)35/h10-13,16-17,19H,7-9,14-15,18H2,1-6H3,(H2,31,34,36). The summed E-state index contributed by atoms with van der Waals surface area (Å²) in [5.74, 6) is 1.35. The molecule has 0 bridgehead atoms. The molecule has 0 spiro atoms. The van der Waals surface area contributed by atoms with Crippen molar-refractivity contribution in [3.63, 3.8) is 0 Å². The van der Waals surface area contributed by atoms with E-state index in [1.54, 1.807) is 0 Å². The third-order valence-electron chi connectivity index (χ3n) is 6.67. The Kier molecular flexibility index (Phi) is 9.30. The average Bonchev–Trinajstić information content (AvgIpc) is 3.46. The maximum atomic E-state index is 13.3. The molecule has 3 aromatic heterocycles. The maximum absolute atomic E-state index is 13.3. The quantitative estimate of drug-likeness (QED) is 0.200. The summed E-state index contributed by atoms with van der Waals surface area (Å²) >= 11 is 1.23. The molecule has 8 nitrogen and oxygen atoms in total. The van der Waals surface area contributed by atoms with Gasteiger partial charge in [-0.1, -0.05) is 58.4 Å². The van der Waals surface area contributed by atoms with E-state index in [2.05, 4.69) is 48.4 Å². The normalized spacial score (nSPS) is 11.9. The average molecular weight is 582 g/mol. The number of carbonyl (C=O) groups is 1. The fourth-order valence-corrected chi connectivity index (χ4v) is 7.65.